The van der Waals surface area contributed by atoms with Crippen molar-refractivity contribution in [2.45, 2.75) is 13.0 Å². The Kier molecular flexibility index (Phi) is 5.54. The molecule has 0 atom stereocenters. The Bertz CT molecular complexity index is 470. The van der Waals surface area contributed by atoms with Gasteiger partial charge in [0.1, 0.15) is 0 Å². The van der Waals surface area contributed by atoms with Crippen LogP contribution in [0.1, 0.15) is 17.5 Å². The lowest BCUT2D eigenvalue weighted by atomic mass is 10.1. The van der Waals surface area contributed by atoms with Crippen molar-refractivity contribution in [3.8, 4) is 6.07 Å². The number of rotatable bonds is 4. The highest BCUT2D eigenvalue weighted by molar-refractivity contribution is 5.78. The monoisotopic (exact) mass is 272 g/mol. The second-order valence-electron chi connectivity index (χ2n) is 4.97. The molecule has 5 nitrogen and oxygen atoms in total. The van der Waals surface area contributed by atoms with Crippen molar-refractivity contribution in [2.75, 3.05) is 32.7 Å². The highest BCUT2D eigenvalue weighted by atomic mass is 16.2. The molecule has 1 fully saturated rings. The predicted molar refractivity (Wildman–Crippen MR) is 76.9 cm³/mol. The van der Waals surface area contributed by atoms with Crippen LogP contribution in [-0.4, -0.2) is 43.5 Å². The zero-order valence-electron chi connectivity index (χ0n) is 11.6. The van der Waals surface area contributed by atoms with Crippen molar-refractivity contribution in [3.63, 3.8) is 0 Å². The van der Waals surface area contributed by atoms with E-state index in [0.29, 0.717) is 18.7 Å². The molecule has 1 amide bonds. The predicted octanol–water partition coefficient (Wildman–Crippen LogP) is 0.470. The van der Waals surface area contributed by atoms with Crippen molar-refractivity contribution >= 4 is 5.91 Å². The number of nitrogens with one attached hydrogen (secondary N) is 2. The molecule has 2 rings (SSSR count). The number of nitriles is 1. The third kappa shape index (κ3) is 4.65. The Balaban J connectivity index is 1.75. The molecule has 20 heavy (non-hydrogen) atoms. The molecule has 1 saturated heterocycles. The van der Waals surface area contributed by atoms with E-state index in [0.717, 1.165) is 38.2 Å². The lowest BCUT2D eigenvalue weighted by Crippen LogP contribution is -2.38. The number of nitrogens with zero attached hydrogens (tertiary/aromatic N) is 2. The van der Waals surface area contributed by atoms with Gasteiger partial charge in [-0.15, -0.1) is 0 Å². The van der Waals surface area contributed by atoms with Gasteiger partial charge in [0.15, 0.2) is 0 Å². The zero-order chi connectivity index (χ0) is 14.2. The van der Waals surface area contributed by atoms with Crippen LogP contribution in [0.5, 0.6) is 0 Å². The average Bonchev–Trinajstić information content (AvgIpc) is 2.74. The summed E-state index contributed by atoms with van der Waals surface area (Å²) in [5.41, 5.74) is 1.65. The molecule has 1 aromatic carbocycles. The molecular weight excluding hydrogens is 252 g/mol. The van der Waals surface area contributed by atoms with Crippen molar-refractivity contribution in [1.29, 1.82) is 5.26 Å². The minimum atomic E-state index is 0.0521. The standard InChI is InChI=1S/C15H20N4O/c16-10-13-2-4-14(5-3-13)11-18-15(20)12-19-8-1-6-17-7-9-19/h2-5,17H,1,6-9,11-12H2,(H,18,20). The summed E-state index contributed by atoms with van der Waals surface area (Å²) in [5.74, 6) is 0.0521. The SMILES string of the molecule is N#Cc1ccc(CNC(=O)CN2CCCNCC2)cc1. The molecule has 0 saturated carbocycles. The molecule has 1 heterocycles. The van der Waals surface area contributed by atoms with E-state index in [9.17, 15) is 4.79 Å². The fraction of sp³-hybridized carbons (Fsp3) is 0.467. The van der Waals surface area contributed by atoms with Crippen LogP contribution < -0.4 is 10.6 Å². The molecule has 0 aromatic heterocycles. The first-order valence-electron chi connectivity index (χ1n) is 6.97. The molecule has 0 aliphatic carbocycles. The zero-order valence-corrected chi connectivity index (χ0v) is 11.6. The number of hydrogen-bond donors (Lipinski definition) is 2. The Labute approximate surface area is 119 Å². The van der Waals surface area contributed by atoms with Gasteiger partial charge in [-0.1, -0.05) is 12.1 Å². The minimum Gasteiger partial charge on any atom is -0.351 e. The van der Waals surface area contributed by atoms with Crippen LogP contribution in [0.3, 0.4) is 0 Å². The summed E-state index contributed by atoms with van der Waals surface area (Å²) in [6.45, 7) is 4.84. The molecule has 106 valence electrons. The molecule has 0 bridgehead atoms. The molecule has 1 aliphatic heterocycles. The average molecular weight is 272 g/mol. The number of amides is 1. The molecule has 5 heteroatoms. The van der Waals surface area contributed by atoms with Crippen molar-refractivity contribution in [3.05, 3.63) is 35.4 Å². The first kappa shape index (κ1) is 14.5. The molecule has 2 N–H and O–H groups in total. The summed E-state index contributed by atoms with van der Waals surface area (Å²) in [7, 11) is 0. The number of carbonyl (C=O) groups is 1. The Hall–Kier alpha value is -1.90. The van der Waals surface area contributed by atoms with Crippen molar-refractivity contribution < 1.29 is 4.79 Å². The maximum absolute atomic E-state index is 11.9. The lowest BCUT2D eigenvalue weighted by molar-refractivity contribution is -0.122. The fourth-order valence-electron chi connectivity index (χ4n) is 2.22. The van der Waals surface area contributed by atoms with E-state index in [1.54, 1.807) is 12.1 Å². The fourth-order valence-corrected chi connectivity index (χ4v) is 2.22. The van der Waals surface area contributed by atoms with Gasteiger partial charge in [-0.05, 0) is 37.2 Å². The van der Waals surface area contributed by atoms with E-state index in [4.69, 9.17) is 5.26 Å². The summed E-state index contributed by atoms with van der Waals surface area (Å²) in [5, 5.41) is 15.0. The van der Waals surface area contributed by atoms with E-state index < -0.39 is 0 Å². The molecule has 1 aromatic rings. The van der Waals surface area contributed by atoms with Gasteiger partial charge in [0.05, 0.1) is 18.2 Å². The Morgan fingerprint density at radius 2 is 2.10 bits per heavy atom. The van der Waals surface area contributed by atoms with Crippen LogP contribution in [0.15, 0.2) is 24.3 Å². The van der Waals surface area contributed by atoms with Gasteiger partial charge in [-0.2, -0.15) is 5.26 Å². The summed E-state index contributed by atoms with van der Waals surface area (Å²) in [6, 6.07) is 9.35. The quantitative estimate of drug-likeness (QED) is 0.836. The molecular formula is C15H20N4O. The third-order valence-corrected chi connectivity index (χ3v) is 3.37. The van der Waals surface area contributed by atoms with E-state index in [-0.39, 0.29) is 5.91 Å². The Morgan fingerprint density at radius 1 is 1.30 bits per heavy atom. The molecule has 0 radical (unpaired) electrons. The van der Waals surface area contributed by atoms with Gasteiger partial charge in [0.2, 0.25) is 5.91 Å². The largest absolute Gasteiger partial charge is 0.351 e. The molecule has 0 unspecified atom stereocenters. The van der Waals surface area contributed by atoms with Crippen LogP contribution in [0, 0.1) is 11.3 Å². The highest BCUT2D eigenvalue weighted by Crippen LogP contribution is 2.03. The van der Waals surface area contributed by atoms with E-state index in [1.165, 1.54) is 0 Å². The van der Waals surface area contributed by atoms with Crippen molar-refractivity contribution in [1.82, 2.24) is 15.5 Å². The van der Waals surface area contributed by atoms with Gasteiger partial charge in [0, 0.05) is 19.6 Å². The van der Waals surface area contributed by atoms with Crippen LogP contribution in [-0.2, 0) is 11.3 Å². The summed E-state index contributed by atoms with van der Waals surface area (Å²) in [6.07, 6.45) is 1.09. The van der Waals surface area contributed by atoms with Crippen LogP contribution >= 0.6 is 0 Å². The highest BCUT2D eigenvalue weighted by Gasteiger charge is 2.12. The summed E-state index contributed by atoms with van der Waals surface area (Å²) in [4.78, 5) is 14.1. The maximum Gasteiger partial charge on any atom is 0.234 e. The minimum absolute atomic E-state index is 0.0521. The number of carbonyl (C=O) groups excluding carboxylic acids is 1. The maximum atomic E-state index is 11.9. The van der Waals surface area contributed by atoms with Crippen LogP contribution in [0.4, 0.5) is 0 Å². The van der Waals surface area contributed by atoms with Crippen molar-refractivity contribution in [2.24, 2.45) is 0 Å². The van der Waals surface area contributed by atoms with Gasteiger partial charge in [-0.3, -0.25) is 9.69 Å². The molecule has 1 aliphatic rings. The van der Waals surface area contributed by atoms with E-state index >= 15 is 0 Å². The van der Waals surface area contributed by atoms with Gasteiger partial charge in [0.25, 0.3) is 0 Å². The summed E-state index contributed by atoms with van der Waals surface area (Å²) >= 11 is 0. The third-order valence-electron chi connectivity index (χ3n) is 3.37. The van der Waals surface area contributed by atoms with Crippen LogP contribution in [0.2, 0.25) is 0 Å². The van der Waals surface area contributed by atoms with Crippen LogP contribution in [0.25, 0.3) is 0 Å². The van der Waals surface area contributed by atoms with Gasteiger partial charge in [-0.25, -0.2) is 0 Å². The van der Waals surface area contributed by atoms with Gasteiger partial charge >= 0.3 is 0 Å². The number of hydrogen-bond acceptors (Lipinski definition) is 4. The Morgan fingerprint density at radius 3 is 2.85 bits per heavy atom. The second-order valence-corrected chi connectivity index (χ2v) is 4.97. The van der Waals surface area contributed by atoms with Gasteiger partial charge < -0.3 is 10.6 Å². The first-order chi connectivity index (χ1) is 9.78. The normalized spacial score (nSPS) is 16.1. The summed E-state index contributed by atoms with van der Waals surface area (Å²) < 4.78 is 0. The van der Waals surface area contributed by atoms with E-state index in [1.807, 2.05) is 12.1 Å². The second kappa shape index (κ2) is 7.63. The lowest BCUT2D eigenvalue weighted by Gasteiger charge is -2.18. The van der Waals surface area contributed by atoms with E-state index in [2.05, 4.69) is 21.6 Å². The smallest absolute Gasteiger partial charge is 0.234 e. The topological polar surface area (TPSA) is 68.2 Å². The number of benzene rings is 1. The first-order valence-corrected chi connectivity index (χ1v) is 6.97. The molecule has 0 spiro atoms.